The number of hydrogen-bond acceptors (Lipinski definition) is 3. The molecule has 0 saturated carbocycles. The van der Waals surface area contributed by atoms with Crippen LogP contribution in [0.15, 0.2) is 12.2 Å². The van der Waals surface area contributed by atoms with Gasteiger partial charge in [-0.05, 0) is 0 Å². The Morgan fingerprint density at radius 2 is 2.13 bits per heavy atom. The predicted molar refractivity (Wildman–Crippen MR) is 57.2 cm³/mol. The molecule has 1 saturated heterocycles. The Kier molecular flexibility index (Phi) is 2.93. The summed E-state index contributed by atoms with van der Waals surface area (Å²) >= 11 is 17.6. The number of ether oxygens (including phenoxy) is 1. The average Bonchev–Trinajstić information content (AvgIpc) is 2.29. The standard InChI is InChI=1S/C9H9Cl3O3/c10-5-2-1-4-7(3-6(5)13)15-8(14)9(4,11)12/h1-2,4-7,13H,3H2/t4-,5+,6+,7+/m0/s1. The molecule has 0 unspecified atom stereocenters. The number of hydrogen-bond donors (Lipinski definition) is 1. The highest BCUT2D eigenvalue weighted by Crippen LogP contribution is 2.45. The van der Waals surface area contributed by atoms with Crippen LogP contribution in [0.2, 0.25) is 0 Å². The van der Waals surface area contributed by atoms with E-state index >= 15 is 0 Å². The van der Waals surface area contributed by atoms with Gasteiger partial charge >= 0.3 is 5.97 Å². The van der Waals surface area contributed by atoms with E-state index in [-0.39, 0.29) is 6.42 Å². The number of alkyl halides is 3. The van der Waals surface area contributed by atoms with Crippen molar-refractivity contribution in [1.82, 2.24) is 0 Å². The molecule has 0 aromatic carbocycles. The molecule has 1 aliphatic carbocycles. The van der Waals surface area contributed by atoms with E-state index in [2.05, 4.69) is 0 Å². The number of fused-ring (bicyclic) bond motifs is 1. The first kappa shape index (κ1) is 11.5. The molecule has 2 rings (SSSR count). The van der Waals surface area contributed by atoms with Crippen molar-refractivity contribution in [2.24, 2.45) is 5.92 Å². The highest BCUT2D eigenvalue weighted by atomic mass is 35.5. The Balaban J connectivity index is 2.29. The van der Waals surface area contributed by atoms with Crippen LogP contribution >= 0.6 is 34.8 Å². The summed E-state index contributed by atoms with van der Waals surface area (Å²) < 4.78 is 3.44. The van der Waals surface area contributed by atoms with Crippen molar-refractivity contribution in [3.63, 3.8) is 0 Å². The van der Waals surface area contributed by atoms with Crippen LogP contribution in [0.1, 0.15) is 6.42 Å². The molecule has 0 amide bonds. The number of carbonyl (C=O) groups excluding carboxylic acids is 1. The minimum absolute atomic E-state index is 0.249. The summed E-state index contributed by atoms with van der Waals surface area (Å²) in [7, 11) is 0. The Hall–Kier alpha value is 0.0400. The monoisotopic (exact) mass is 270 g/mol. The van der Waals surface area contributed by atoms with Gasteiger partial charge in [-0.2, -0.15) is 0 Å². The number of esters is 1. The van der Waals surface area contributed by atoms with Crippen molar-refractivity contribution >= 4 is 40.8 Å². The molecule has 0 radical (unpaired) electrons. The van der Waals surface area contributed by atoms with Gasteiger partial charge in [0, 0.05) is 6.42 Å². The van der Waals surface area contributed by atoms with E-state index in [0.717, 1.165) is 0 Å². The molecule has 1 aliphatic heterocycles. The first-order chi connectivity index (χ1) is 6.93. The molecule has 0 bridgehead atoms. The molecule has 4 atom stereocenters. The summed E-state index contributed by atoms with van der Waals surface area (Å²) in [5, 5.41) is 9.10. The smallest absolute Gasteiger partial charge is 0.343 e. The van der Waals surface area contributed by atoms with Gasteiger partial charge in [0.25, 0.3) is 0 Å². The lowest BCUT2D eigenvalue weighted by Crippen LogP contribution is -2.29. The van der Waals surface area contributed by atoms with E-state index in [9.17, 15) is 9.90 Å². The average molecular weight is 272 g/mol. The molecule has 6 heteroatoms. The quantitative estimate of drug-likeness (QED) is 0.414. The first-order valence-corrected chi connectivity index (χ1v) is 5.71. The number of carbonyl (C=O) groups is 1. The molecule has 1 N–H and O–H groups in total. The fourth-order valence-electron chi connectivity index (χ4n) is 1.82. The predicted octanol–water partition coefficient (Wildman–Crippen LogP) is 1.63. The fourth-order valence-corrected chi connectivity index (χ4v) is 2.52. The molecule has 2 aliphatic rings. The van der Waals surface area contributed by atoms with Crippen LogP contribution in [0.25, 0.3) is 0 Å². The van der Waals surface area contributed by atoms with Crippen LogP contribution in [-0.2, 0) is 9.53 Å². The summed E-state index contributed by atoms with van der Waals surface area (Å²) in [5.41, 5.74) is 0. The zero-order chi connectivity index (χ0) is 11.2. The molecular weight excluding hydrogens is 262 g/mol. The summed E-state index contributed by atoms with van der Waals surface area (Å²) in [5.74, 6) is -1.11. The highest BCUT2D eigenvalue weighted by Gasteiger charge is 2.55. The number of rotatable bonds is 0. The Morgan fingerprint density at radius 3 is 2.80 bits per heavy atom. The molecule has 3 nitrogen and oxygen atoms in total. The third-order valence-corrected chi connectivity index (χ3v) is 3.94. The zero-order valence-electron chi connectivity index (χ0n) is 7.57. The second-order valence-electron chi connectivity index (χ2n) is 3.72. The summed E-state index contributed by atoms with van der Waals surface area (Å²) in [6.45, 7) is 0. The van der Waals surface area contributed by atoms with Crippen LogP contribution in [0.3, 0.4) is 0 Å². The molecule has 1 fully saturated rings. The molecule has 0 aromatic rings. The minimum Gasteiger partial charge on any atom is -0.459 e. The van der Waals surface area contributed by atoms with Crippen LogP contribution in [0.4, 0.5) is 0 Å². The van der Waals surface area contributed by atoms with Crippen LogP contribution in [0.5, 0.6) is 0 Å². The Morgan fingerprint density at radius 1 is 1.47 bits per heavy atom. The molecule has 1 heterocycles. The summed E-state index contributed by atoms with van der Waals surface area (Å²) in [6.07, 6.45) is 2.23. The van der Waals surface area contributed by atoms with Crippen molar-refractivity contribution < 1.29 is 14.6 Å². The van der Waals surface area contributed by atoms with Crippen LogP contribution in [-0.4, -0.2) is 33.0 Å². The van der Waals surface area contributed by atoms with E-state index in [4.69, 9.17) is 39.5 Å². The van der Waals surface area contributed by atoms with E-state index in [1.54, 1.807) is 12.2 Å². The third kappa shape index (κ3) is 1.86. The second-order valence-corrected chi connectivity index (χ2v) is 5.61. The van der Waals surface area contributed by atoms with Gasteiger partial charge < -0.3 is 9.84 Å². The molecule has 84 valence electrons. The maximum absolute atomic E-state index is 11.3. The summed E-state index contributed by atoms with van der Waals surface area (Å²) in [6, 6.07) is 0. The minimum atomic E-state index is -1.57. The van der Waals surface area contributed by atoms with E-state index in [0.29, 0.717) is 0 Å². The lowest BCUT2D eigenvalue weighted by atomic mass is 9.98. The lowest BCUT2D eigenvalue weighted by molar-refractivity contribution is -0.142. The van der Waals surface area contributed by atoms with Crippen molar-refractivity contribution in [2.45, 2.75) is 28.3 Å². The van der Waals surface area contributed by atoms with Gasteiger partial charge in [-0.25, -0.2) is 4.79 Å². The van der Waals surface area contributed by atoms with Gasteiger partial charge in [0.1, 0.15) is 6.10 Å². The van der Waals surface area contributed by atoms with Gasteiger partial charge in [0.15, 0.2) is 0 Å². The van der Waals surface area contributed by atoms with E-state index in [1.807, 2.05) is 0 Å². The number of aliphatic hydroxyl groups is 1. The second kappa shape index (κ2) is 3.81. The zero-order valence-corrected chi connectivity index (χ0v) is 9.84. The van der Waals surface area contributed by atoms with E-state index in [1.165, 1.54) is 0 Å². The molecule has 0 aromatic heterocycles. The normalized spacial score (nSPS) is 43.3. The van der Waals surface area contributed by atoms with Crippen molar-refractivity contribution in [3.8, 4) is 0 Å². The maximum Gasteiger partial charge on any atom is 0.343 e. The molecular formula is C9H9Cl3O3. The maximum atomic E-state index is 11.3. The number of aliphatic hydroxyl groups excluding tert-OH is 1. The van der Waals surface area contributed by atoms with Gasteiger partial charge in [-0.15, -0.1) is 11.6 Å². The first-order valence-electron chi connectivity index (χ1n) is 4.52. The molecule has 15 heavy (non-hydrogen) atoms. The largest absolute Gasteiger partial charge is 0.459 e. The Labute approximate surface area is 102 Å². The van der Waals surface area contributed by atoms with Crippen LogP contribution < -0.4 is 0 Å². The van der Waals surface area contributed by atoms with Gasteiger partial charge in [0.05, 0.1) is 17.4 Å². The van der Waals surface area contributed by atoms with Crippen molar-refractivity contribution in [3.05, 3.63) is 12.2 Å². The van der Waals surface area contributed by atoms with Gasteiger partial charge in [0.2, 0.25) is 4.33 Å². The lowest BCUT2D eigenvalue weighted by Gasteiger charge is -2.18. The van der Waals surface area contributed by atoms with Gasteiger partial charge in [-0.1, -0.05) is 35.4 Å². The topological polar surface area (TPSA) is 46.5 Å². The Bertz CT molecular complexity index is 316. The van der Waals surface area contributed by atoms with E-state index < -0.39 is 33.8 Å². The highest BCUT2D eigenvalue weighted by molar-refractivity contribution is 6.58. The number of halogens is 3. The summed E-state index contributed by atoms with van der Waals surface area (Å²) in [4.78, 5) is 11.3. The third-order valence-electron chi connectivity index (χ3n) is 2.69. The van der Waals surface area contributed by atoms with Crippen molar-refractivity contribution in [1.29, 1.82) is 0 Å². The van der Waals surface area contributed by atoms with Crippen molar-refractivity contribution in [2.75, 3.05) is 0 Å². The van der Waals surface area contributed by atoms with Gasteiger partial charge in [-0.3, -0.25) is 0 Å². The van der Waals surface area contributed by atoms with Crippen LogP contribution in [0, 0.1) is 5.92 Å². The fraction of sp³-hybridized carbons (Fsp3) is 0.667. The SMILES string of the molecule is O=C1O[C@@H]2C[C@@H](O)[C@H](Cl)C=C[C@@H]2C1(Cl)Cl. The molecule has 0 spiro atoms.